The summed E-state index contributed by atoms with van der Waals surface area (Å²) in [4.78, 5) is 13.4. The lowest BCUT2D eigenvalue weighted by atomic mass is 9.97. The van der Waals surface area contributed by atoms with Crippen LogP contribution in [-0.2, 0) is 16.1 Å². The van der Waals surface area contributed by atoms with Gasteiger partial charge in [0.25, 0.3) is 0 Å². The normalized spacial score (nSPS) is 17.6. The average Bonchev–Trinajstić information content (AvgIpc) is 2.70. The van der Waals surface area contributed by atoms with Crippen LogP contribution in [0.5, 0.6) is 0 Å². The van der Waals surface area contributed by atoms with Crippen molar-refractivity contribution in [2.75, 3.05) is 26.7 Å². The van der Waals surface area contributed by atoms with Gasteiger partial charge in [-0.2, -0.15) is 5.10 Å². The van der Waals surface area contributed by atoms with E-state index in [9.17, 15) is 4.79 Å². The monoisotopic (exact) mass is 265 g/mol. The molecule has 5 heteroatoms. The molecule has 0 atom stereocenters. The zero-order valence-corrected chi connectivity index (χ0v) is 12.1. The van der Waals surface area contributed by atoms with Gasteiger partial charge in [-0.25, -0.2) is 0 Å². The predicted molar refractivity (Wildman–Crippen MR) is 72.9 cm³/mol. The van der Waals surface area contributed by atoms with Crippen LogP contribution in [-0.4, -0.2) is 47.4 Å². The second-order valence-corrected chi connectivity index (χ2v) is 5.40. The van der Waals surface area contributed by atoms with Crippen LogP contribution in [0, 0.1) is 19.8 Å². The lowest BCUT2D eigenvalue weighted by Crippen LogP contribution is -2.38. The van der Waals surface area contributed by atoms with Gasteiger partial charge < -0.3 is 4.74 Å². The van der Waals surface area contributed by atoms with Crippen LogP contribution in [0.4, 0.5) is 0 Å². The van der Waals surface area contributed by atoms with E-state index in [1.54, 1.807) is 0 Å². The van der Waals surface area contributed by atoms with Crippen molar-refractivity contribution in [2.24, 2.45) is 5.92 Å². The van der Waals surface area contributed by atoms with Crippen LogP contribution in [0.25, 0.3) is 0 Å². The predicted octanol–water partition coefficient (Wildman–Crippen LogP) is 1.38. The number of carbonyl (C=O) groups excluding carboxylic acids is 1. The molecule has 0 aromatic carbocycles. The van der Waals surface area contributed by atoms with Crippen LogP contribution in [0.1, 0.15) is 24.2 Å². The van der Waals surface area contributed by atoms with Crippen molar-refractivity contribution in [1.29, 1.82) is 0 Å². The highest BCUT2D eigenvalue weighted by atomic mass is 16.5. The average molecular weight is 265 g/mol. The van der Waals surface area contributed by atoms with Gasteiger partial charge in [0.15, 0.2) is 0 Å². The fraction of sp³-hybridized carbons (Fsp3) is 0.714. The topological polar surface area (TPSA) is 47.4 Å². The van der Waals surface area contributed by atoms with Crippen LogP contribution in [0.3, 0.4) is 0 Å². The number of aryl methyl sites for hydroxylation is 2. The Bertz CT molecular complexity index is 434. The number of likely N-dealkylation sites (tertiary alicyclic amines) is 1. The van der Waals surface area contributed by atoms with Gasteiger partial charge in [0.1, 0.15) is 0 Å². The van der Waals surface area contributed by atoms with Crippen LogP contribution >= 0.6 is 0 Å². The molecule has 0 unspecified atom stereocenters. The fourth-order valence-corrected chi connectivity index (χ4v) is 2.68. The second kappa shape index (κ2) is 6.19. The molecule has 1 aliphatic heterocycles. The van der Waals surface area contributed by atoms with Gasteiger partial charge >= 0.3 is 5.97 Å². The minimum absolute atomic E-state index is 0.142. The molecule has 0 aliphatic carbocycles. The summed E-state index contributed by atoms with van der Waals surface area (Å²) in [5.74, 6) is 0.517. The Morgan fingerprint density at radius 1 is 1.42 bits per heavy atom. The number of carbonyl (C=O) groups is 1. The summed E-state index contributed by atoms with van der Waals surface area (Å²) in [7, 11) is 1.44. The van der Waals surface area contributed by atoms with Crippen molar-refractivity contribution in [3.8, 4) is 0 Å². The number of methoxy groups -OCH3 is 1. The van der Waals surface area contributed by atoms with Crippen molar-refractivity contribution in [2.45, 2.75) is 33.2 Å². The van der Waals surface area contributed by atoms with Crippen molar-refractivity contribution < 1.29 is 9.53 Å². The van der Waals surface area contributed by atoms with Gasteiger partial charge in [-0.05, 0) is 51.8 Å². The smallest absolute Gasteiger partial charge is 0.319 e. The van der Waals surface area contributed by atoms with Crippen LogP contribution in [0.15, 0.2) is 6.07 Å². The third-order valence-electron chi connectivity index (χ3n) is 3.82. The second-order valence-electron chi connectivity index (χ2n) is 5.40. The van der Waals surface area contributed by atoms with Gasteiger partial charge in [-0.3, -0.25) is 14.4 Å². The number of piperidine rings is 1. The molecule has 1 aromatic rings. The zero-order valence-electron chi connectivity index (χ0n) is 12.1. The SMILES string of the molecule is COC(=O)CN1CCC(Cn2nc(C)cc2C)CC1. The molecule has 2 rings (SSSR count). The van der Waals surface area contributed by atoms with E-state index in [1.165, 1.54) is 12.8 Å². The van der Waals surface area contributed by atoms with Crippen LogP contribution in [0.2, 0.25) is 0 Å². The number of aromatic nitrogens is 2. The van der Waals surface area contributed by atoms with E-state index < -0.39 is 0 Å². The lowest BCUT2D eigenvalue weighted by molar-refractivity contribution is -0.142. The van der Waals surface area contributed by atoms with E-state index >= 15 is 0 Å². The number of rotatable bonds is 4. The van der Waals surface area contributed by atoms with E-state index in [4.69, 9.17) is 4.74 Å². The summed E-state index contributed by atoms with van der Waals surface area (Å²) in [6.45, 7) is 7.49. The first-order valence-electron chi connectivity index (χ1n) is 6.88. The molecule has 1 aromatic heterocycles. The number of hydrogen-bond acceptors (Lipinski definition) is 4. The molecule has 19 heavy (non-hydrogen) atoms. The minimum Gasteiger partial charge on any atom is -0.468 e. The molecule has 1 fully saturated rings. The van der Waals surface area contributed by atoms with E-state index in [1.807, 2.05) is 6.92 Å². The molecule has 0 amide bonds. The summed E-state index contributed by atoms with van der Waals surface area (Å²) in [5.41, 5.74) is 2.31. The number of esters is 1. The largest absolute Gasteiger partial charge is 0.468 e. The van der Waals surface area contributed by atoms with Crippen molar-refractivity contribution in [1.82, 2.24) is 14.7 Å². The molecule has 106 valence electrons. The first-order valence-corrected chi connectivity index (χ1v) is 6.88. The third-order valence-corrected chi connectivity index (χ3v) is 3.82. The third kappa shape index (κ3) is 3.80. The molecule has 5 nitrogen and oxygen atoms in total. The molecule has 0 radical (unpaired) electrons. The number of ether oxygens (including phenoxy) is 1. The van der Waals surface area contributed by atoms with Gasteiger partial charge in [-0.1, -0.05) is 0 Å². The molecule has 0 spiro atoms. The summed E-state index contributed by atoms with van der Waals surface area (Å²) in [6, 6.07) is 2.12. The molecule has 1 aliphatic rings. The lowest BCUT2D eigenvalue weighted by Gasteiger charge is -2.31. The van der Waals surface area contributed by atoms with Gasteiger partial charge in [0.05, 0.1) is 19.3 Å². The molecule has 0 saturated carbocycles. The quantitative estimate of drug-likeness (QED) is 0.772. The Morgan fingerprint density at radius 2 is 2.11 bits per heavy atom. The van der Waals surface area contributed by atoms with Crippen molar-refractivity contribution in [3.63, 3.8) is 0 Å². The first-order chi connectivity index (χ1) is 9.08. The highest BCUT2D eigenvalue weighted by molar-refractivity contribution is 5.71. The Hall–Kier alpha value is -1.36. The number of hydrogen-bond donors (Lipinski definition) is 0. The van der Waals surface area contributed by atoms with E-state index in [0.717, 1.165) is 38.2 Å². The summed E-state index contributed by atoms with van der Waals surface area (Å²) >= 11 is 0. The maximum Gasteiger partial charge on any atom is 0.319 e. The van der Waals surface area contributed by atoms with Crippen molar-refractivity contribution in [3.05, 3.63) is 17.5 Å². The van der Waals surface area contributed by atoms with E-state index in [2.05, 4.69) is 27.7 Å². The zero-order chi connectivity index (χ0) is 13.8. The van der Waals surface area contributed by atoms with Gasteiger partial charge in [0.2, 0.25) is 0 Å². The van der Waals surface area contributed by atoms with Gasteiger partial charge in [-0.15, -0.1) is 0 Å². The maximum absolute atomic E-state index is 11.2. The highest BCUT2D eigenvalue weighted by Crippen LogP contribution is 2.19. The first kappa shape index (κ1) is 14.1. The van der Waals surface area contributed by atoms with Gasteiger partial charge in [0, 0.05) is 12.2 Å². The number of nitrogens with zero attached hydrogens (tertiary/aromatic N) is 3. The minimum atomic E-state index is -0.142. The molecule has 1 saturated heterocycles. The fourth-order valence-electron chi connectivity index (χ4n) is 2.68. The Balaban J connectivity index is 1.80. The Labute approximate surface area is 114 Å². The van der Waals surface area contributed by atoms with E-state index in [-0.39, 0.29) is 5.97 Å². The Kier molecular flexibility index (Phi) is 4.58. The van der Waals surface area contributed by atoms with Crippen LogP contribution < -0.4 is 0 Å². The van der Waals surface area contributed by atoms with Crippen molar-refractivity contribution >= 4 is 5.97 Å². The molecule has 2 heterocycles. The summed E-state index contributed by atoms with van der Waals surface area (Å²) in [6.07, 6.45) is 2.24. The highest BCUT2D eigenvalue weighted by Gasteiger charge is 2.21. The molecular formula is C14H23N3O2. The molecule has 0 N–H and O–H groups in total. The van der Waals surface area contributed by atoms with E-state index in [0.29, 0.717) is 12.5 Å². The Morgan fingerprint density at radius 3 is 2.63 bits per heavy atom. The standard InChI is InChI=1S/C14H23N3O2/c1-11-8-12(2)17(15-11)9-13-4-6-16(7-5-13)10-14(18)19-3/h8,13H,4-7,9-10H2,1-3H3. The summed E-state index contributed by atoms with van der Waals surface area (Å²) in [5, 5.41) is 4.51. The molecule has 0 bridgehead atoms. The summed E-state index contributed by atoms with van der Waals surface area (Å²) < 4.78 is 6.81. The maximum atomic E-state index is 11.2. The molecular weight excluding hydrogens is 242 g/mol.